The van der Waals surface area contributed by atoms with E-state index in [4.69, 9.17) is 0 Å². The molecule has 0 N–H and O–H groups in total. The molecule has 5 saturated carbocycles. The van der Waals surface area contributed by atoms with Crippen LogP contribution in [0, 0.1) is 56.2 Å². The molecule has 176 valence electrons. The first-order chi connectivity index (χ1) is 14.2. The van der Waals surface area contributed by atoms with Crippen LogP contribution in [-0.4, -0.2) is 5.78 Å². The highest BCUT2D eigenvalue weighted by Gasteiger charge is 2.70. The summed E-state index contributed by atoms with van der Waals surface area (Å²) in [6.07, 6.45) is 14.6. The van der Waals surface area contributed by atoms with Crippen LogP contribution in [-0.2, 0) is 4.79 Å². The van der Waals surface area contributed by atoms with Gasteiger partial charge in [-0.3, -0.25) is 4.79 Å². The van der Waals surface area contributed by atoms with Gasteiger partial charge in [0.15, 0.2) is 0 Å². The van der Waals surface area contributed by atoms with Gasteiger partial charge in [-0.05, 0) is 114 Å². The molecule has 4 unspecified atom stereocenters. The molecule has 5 fully saturated rings. The zero-order valence-electron chi connectivity index (χ0n) is 22.0. The maximum atomic E-state index is 12.7. The molecule has 0 spiro atoms. The fourth-order valence-corrected chi connectivity index (χ4v) is 11.2. The Labute approximate surface area is 192 Å². The Kier molecular flexibility index (Phi) is 4.65. The summed E-state index contributed by atoms with van der Waals surface area (Å²) in [5.41, 5.74) is 2.67. The first kappa shape index (κ1) is 22.5. The van der Waals surface area contributed by atoms with Crippen LogP contribution in [0.2, 0.25) is 0 Å². The van der Waals surface area contributed by atoms with Crippen LogP contribution >= 0.6 is 0 Å². The largest absolute Gasteiger partial charge is 0.299 e. The quantitative estimate of drug-likeness (QED) is 0.379. The summed E-state index contributed by atoms with van der Waals surface area (Å²) in [6.45, 7) is 20.7. The topological polar surface area (TPSA) is 17.1 Å². The van der Waals surface area contributed by atoms with Gasteiger partial charge in [-0.25, -0.2) is 0 Å². The van der Waals surface area contributed by atoms with Crippen molar-refractivity contribution in [3.63, 3.8) is 0 Å². The van der Waals surface area contributed by atoms with Crippen LogP contribution < -0.4 is 0 Å². The van der Waals surface area contributed by atoms with E-state index in [0.29, 0.717) is 32.9 Å². The fourth-order valence-electron chi connectivity index (χ4n) is 11.2. The average Bonchev–Trinajstić information content (AvgIpc) is 2.69. The minimum Gasteiger partial charge on any atom is -0.299 e. The molecule has 5 rings (SSSR count). The molecular weight excluding hydrogens is 376 g/mol. The van der Waals surface area contributed by atoms with E-state index in [2.05, 4.69) is 55.4 Å². The van der Waals surface area contributed by atoms with Crippen molar-refractivity contribution in [2.24, 2.45) is 56.2 Å². The van der Waals surface area contributed by atoms with Crippen LogP contribution in [0.15, 0.2) is 0 Å². The SMILES string of the molecule is CC1C(=O)CCC2[C@]1(C)CCC1[C@]2(C)CC[C@@]2(C)C3CC(C)(C)CC[C@]3(C)CC[C@@]12C. The Balaban J connectivity index is 1.55. The van der Waals surface area contributed by atoms with Gasteiger partial charge in [-0.2, -0.15) is 0 Å². The minimum absolute atomic E-state index is 0.237. The molecule has 1 heteroatoms. The van der Waals surface area contributed by atoms with Crippen LogP contribution in [0.1, 0.15) is 126 Å². The Bertz CT molecular complexity index is 781. The zero-order valence-corrected chi connectivity index (χ0v) is 22.0. The summed E-state index contributed by atoms with van der Waals surface area (Å²) < 4.78 is 0. The third-order valence-corrected chi connectivity index (χ3v) is 13.7. The number of carbonyl (C=O) groups is 1. The highest BCUT2D eigenvalue weighted by Crippen LogP contribution is 2.78. The summed E-state index contributed by atoms with van der Waals surface area (Å²) >= 11 is 0. The van der Waals surface area contributed by atoms with Crippen LogP contribution in [0.25, 0.3) is 0 Å². The second-order valence-corrected chi connectivity index (χ2v) is 15.3. The molecule has 5 aliphatic carbocycles. The van der Waals surface area contributed by atoms with Crippen molar-refractivity contribution in [2.75, 3.05) is 0 Å². The lowest BCUT2D eigenvalue weighted by molar-refractivity contribution is -0.256. The van der Waals surface area contributed by atoms with E-state index >= 15 is 0 Å². The first-order valence-electron chi connectivity index (χ1n) is 13.7. The van der Waals surface area contributed by atoms with Crippen molar-refractivity contribution in [1.29, 1.82) is 0 Å². The van der Waals surface area contributed by atoms with Crippen LogP contribution in [0.5, 0.6) is 0 Å². The predicted octanol–water partition coefficient (Wildman–Crippen LogP) is 8.46. The van der Waals surface area contributed by atoms with Crippen molar-refractivity contribution in [3.8, 4) is 0 Å². The van der Waals surface area contributed by atoms with Crippen LogP contribution in [0.3, 0.4) is 0 Å². The standard InChI is InChI=1S/C30H50O/c1-20-21(31)9-10-22-27(20,5)12-11-23-28(22,6)16-18-30(8)24-19-25(2,3)13-14-26(24,4)15-17-29(23,30)7/h20,22-24H,9-19H2,1-8H3/t20?,22?,23?,24?,26-,27-,28-,29+,30+/m1/s1. The molecule has 0 saturated heterocycles. The summed E-state index contributed by atoms with van der Waals surface area (Å²) in [7, 11) is 0. The van der Waals surface area contributed by atoms with Gasteiger partial charge >= 0.3 is 0 Å². The van der Waals surface area contributed by atoms with Crippen molar-refractivity contribution in [1.82, 2.24) is 0 Å². The molecule has 5 aliphatic rings. The molecule has 0 aliphatic heterocycles. The molecule has 0 aromatic heterocycles. The highest BCUT2D eigenvalue weighted by atomic mass is 16.1. The van der Waals surface area contributed by atoms with E-state index in [1.807, 2.05) is 0 Å². The molecule has 0 aromatic rings. The molecule has 31 heavy (non-hydrogen) atoms. The lowest BCUT2D eigenvalue weighted by Crippen LogP contribution is -2.67. The van der Waals surface area contributed by atoms with Gasteiger partial charge in [0.05, 0.1) is 0 Å². The van der Waals surface area contributed by atoms with E-state index in [1.165, 1.54) is 57.8 Å². The second kappa shape index (κ2) is 6.41. The van der Waals surface area contributed by atoms with E-state index in [1.54, 1.807) is 0 Å². The lowest BCUT2D eigenvalue weighted by Gasteiger charge is -2.74. The maximum absolute atomic E-state index is 12.7. The summed E-state index contributed by atoms with van der Waals surface area (Å²) in [5.74, 6) is 3.27. The van der Waals surface area contributed by atoms with E-state index in [9.17, 15) is 4.79 Å². The number of carbonyl (C=O) groups excluding carboxylic acids is 1. The van der Waals surface area contributed by atoms with Crippen molar-refractivity contribution in [2.45, 2.75) is 126 Å². The van der Waals surface area contributed by atoms with Gasteiger partial charge < -0.3 is 0 Å². The van der Waals surface area contributed by atoms with Gasteiger partial charge in [0.1, 0.15) is 5.78 Å². The monoisotopic (exact) mass is 426 g/mol. The third-order valence-electron chi connectivity index (χ3n) is 13.7. The predicted molar refractivity (Wildman–Crippen MR) is 130 cm³/mol. The van der Waals surface area contributed by atoms with Crippen molar-refractivity contribution >= 4 is 5.78 Å². The third kappa shape index (κ3) is 2.70. The van der Waals surface area contributed by atoms with Crippen LogP contribution in [0.4, 0.5) is 0 Å². The van der Waals surface area contributed by atoms with Gasteiger partial charge in [0.25, 0.3) is 0 Å². The normalized spacial score (nSPS) is 58.5. The highest BCUT2D eigenvalue weighted by molar-refractivity contribution is 5.82. The first-order valence-corrected chi connectivity index (χ1v) is 13.7. The van der Waals surface area contributed by atoms with Gasteiger partial charge in [0.2, 0.25) is 0 Å². The lowest BCUT2D eigenvalue weighted by atomic mass is 9.30. The number of Topliss-reactive ketones (excluding diaryl/α,β-unsaturated/α-hetero) is 1. The number of fused-ring (bicyclic) bond motifs is 7. The molecule has 1 nitrogen and oxygen atoms in total. The molecule has 9 atom stereocenters. The Morgan fingerprint density at radius 1 is 0.645 bits per heavy atom. The molecule has 0 bridgehead atoms. The number of ketones is 1. The van der Waals surface area contributed by atoms with Crippen molar-refractivity contribution in [3.05, 3.63) is 0 Å². The van der Waals surface area contributed by atoms with E-state index < -0.39 is 0 Å². The Morgan fingerprint density at radius 3 is 1.97 bits per heavy atom. The summed E-state index contributed by atoms with van der Waals surface area (Å²) in [6, 6.07) is 0. The Hall–Kier alpha value is -0.330. The van der Waals surface area contributed by atoms with Gasteiger partial charge in [-0.1, -0.05) is 55.4 Å². The smallest absolute Gasteiger partial charge is 0.136 e. The molecule has 0 heterocycles. The van der Waals surface area contributed by atoms with Crippen molar-refractivity contribution < 1.29 is 4.79 Å². The molecule has 0 amide bonds. The number of rotatable bonds is 0. The van der Waals surface area contributed by atoms with E-state index in [0.717, 1.165) is 30.6 Å². The maximum Gasteiger partial charge on any atom is 0.136 e. The second-order valence-electron chi connectivity index (χ2n) is 15.3. The van der Waals surface area contributed by atoms with E-state index in [-0.39, 0.29) is 11.3 Å². The molecule has 0 radical (unpaired) electrons. The van der Waals surface area contributed by atoms with Gasteiger partial charge in [-0.15, -0.1) is 0 Å². The zero-order chi connectivity index (χ0) is 22.7. The molecular formula is C30H50O. The summed E-state index contributed by atoms with van der Waals surface area (Å²) in [4.78, 5) is 12.7. The fraction of sp³-hybridized carbons (Fsp3) is 0.967. The number of hydrogen-bond donors (Lipinski definition) is 0. The van der Waals surface area contributed by atoms with Gasteiger partial charge in [0, 0.05) is 12.3 Å². The number of hydrogen-bond acceptors (Lipinski definition) is 1. The minimum atomic E-state index is 0.237. The Morgan fingerprint density at radius 2 is 1.26 bits per heavy atom. The average molecular weight is 427 g/mol. The summed E-state index contributed by atoms with van der Waals surface area (Å²) in [5, 5.41) is 0. The molecule has 0 aromatic carbocycles.